The molecule has 1 aliphatic rings. The second-order valence-electron chi connectivity index (χ2n) is 12.5. The van der Waals surface area contributed by atoms with Gasteiger partial charge in [-0.1, -0.05) is 146 Å². The lowest BCUT2D eigenvalue weighted by molar-refractivity contribution is 1.07. The first kappa shape index (κ1) is 29.5. The molecule has 4 heteroatoms. The maximum Gasteiger partial charge on any atom is 0.164 e. The van der Waals surface area contributed by atoms with E-state index < -0.39 is 0 Å². The smallest absolute Gasteiger partial charge is 0.164 e. The Hall–Kier alpha value is -6.65. The normalized spacial score (nSPS) is 11.5. The monoisotopic (exact) mass is 640 g/mol. The third-order valence-electron chi connectivity index (χ3n) is 9.31. The van der Waals surface area contributed by atoms with Gasteiger partial charge in [-0.05, 0) is 70.6 Å². The highest BCUT2D eigenvalue weighted by atomic mass is 15.1. The van der Waals surface area contributed by atoms with Crippen LogP contribution in [0.15, 0.2) is 182 Å². The third kappa shape index (κ3) is 5.53. The van der Waals surface area contributed by atoms with E-state index in [1.807, 2.05) is 36.4 Å². The van der Waals surface area contributed by atoms with E-state index in [0.717, 1.165) is 40.2 Å². The predicted molar refractivity (Wildman–Crippen MR) is 204 cm³/mol. The highest BCUT2D eigenvalue weighted by Gasteiger charge is 2.27. The number of aromatic nitrogens is 3. The van der Waals surface area contributed by atoms with Gasteiger partial charge in [-0.15, -0.1) is 0 Å². The average molecular weight is 641 g/mol. The summed E-state index contributed by atoms with van der Waals surface area (Å²) in [5, 5.41) is 0. The molecule has 0 amide bonds. The highest BCUT2D eigenvalue weighted by Crippen LogP contribution is 2.49. The van der Waals surface area contributed by atoms with Gasteiger partial charge in [-0.3, -0.25) is 0 Å². The van der Waals surface area contributed by atoms with Crippen LogP contribution in [-0.2, 0) is 6.42 Å². The van der Waals surface area contributed by atoms with Gasteiger partial charge in [-0.2, -0.15) is 0 Å². The zero-order valence-corrected chi connectivity index (χ0v) is 27.3. The summed E-state index contributed by atoms with van der Waals surface area (Å²) in [5.74, 6) is 1.94. The van der Waals surface area contributed by atoms with Crippen molar-refractivity contribution in [3.63, 3.8) is 0 Å². The van der Waals surface area contributed by atoms with Gasteiger partial charge in [0.2, 0.25) is 0 Å². The Kier molecular flexibility index (Phi) is 7.52. The maximum atomic E-state index is 5.12. The summed E-state index contributed by atoms with van der Waals surface area (Å²) in [6.45, 7) is 0. The fourth-order valence-electron chi connectivity index (χ4n) is 6.94. The summed E-state index contributed by atoms with van der Waals surface area (Å²) in [7, 11) is 0. The van der Waals surface area contributed by atoms with Gasteiger partial charge >= 0.3 is 0 Å². The van der Waals surface area contributed by atoms with Gasteiger partial charge in [0.15, 0.2) is 17.5 Å². The minimum absolute atomic E-state index is 0.644. The van der Waals surface area contributed by atoms with Gasteiger partial charge in [-0.25, -0.2) is 15.0 Å². The molecule has 9 rings (SSSR count). The van der Waals surface area contributed by atoms with Crippen LogP contribution in [0.3, 0.4) is 0 Å². The van der Waals surface area contributed by atoms with Gasteiger partial charge in [0, 0.05) is 33.6 Å². The van der Waals surface area contributed by atoms with E-state index in [9.17, 15) is 0 Å². The van der Waals surface area contributed by atoms with Gasteiger partial charge in [0.05, 0.1) is 5.69 Å². The van der Waals surface area contributed by atoms with E-state index in [-0.39, 0.29) is 0 Å². The van der Waals surface area contributed by atoms with Crippen LogP contribution < -0.4 is 4.90 Å². The van der Waals surface area contributed by atoms with Crippen molar-refractivity contribution in [3.05, 3.63) is 193 Å². The Morgan fingerprint density at radius 2 is 0.820 bits per heavy atom. The molecule has 50 heavy (non-hydrogen) atoms. The number of hydrogen-bond acceptors (Lipinski definition) is 4. The molecular formula is C46H32N4. The molecule has 0 N–H and O–H groups in total. The van der Waals surface area contributed by atoms with Crippen molar-refractivity contribution in [2.75, 3.05) is 4.90 Å². The second-order valence-corrected chi connectivity index (χ2v) is 12.5. The van der Waals surface area contributed by atoms with E-state index in [1.165, 1.54) is 33.4 Å². The Bertz CT molecular complexity index is 2370. The highest BCUT2D eigenvalue weighted by molar-refractivity contribution is 5.95. The molecule has 1 heterocycles. The predicted octanol–water partition coefficient (Wildman–Crippen LogP) is 11.6. The quantitative estimate of drug-likeness (QED) is 0.174. The molecule has 0 aliphatic heterocycles. The minimum Gasteiger partial charge on any atom is -0.310 e. The summed E-state index contributed by atoms with van der Waals surface area (Å²) >= 11 is 0. The number of nitrogens with zero attached hydrogens (tertiary/aromatic N) is 4. The molecule has 236 valence electrons. The van der Waals surface area contributed by atoms with Crippen molar-refractivity contribution in [2.45, 2.75) is 6.42 Å². The lowest BCUT2D eigenvalue weighted by Crippen LogP contribution is -2.12. The molecule has 0 spiro atoms. The molecule has 4 nitrogen and oxygen atoms in total. The first-order valence-electron chi connectivity index (χ1n) is 16.9. The molecule has 0 saturated carbocycles. The third-order valence-corrected chi connectivity index (χ3v) is 9.31. The molecule has 0 fully saturated rings. The van der Waals surface area contributed by atoms with Crippen molar-refractivity contribution in [1.82, 2.24) is 15.0 Å². The zero-order valence-electron chi connectivity index (χ0n) is 27.3. The lowest BCUT2D eigenvalue weighted by Gasteiger charge is -2.29. The molecule has 8 aromatic rings. The van der Waals surface area contributed by atoms with Crippen LogP contribution in [-0.4, -0.2) is 15.0 Å². The first-order valence-corrected chi connectivity index (χ1v) is 16.9. The average Bonchev–Trinajstić information content (AvgIpc) is 3.58. The van der Waals surface area contributed by atoms with Crippen LogP contribution in [0.5, 0.6) is 0 Å². The number of hydrogen-bond donors (Lipinski definition) is 0. The summed E-state index contributed by atoms with van der Waals surface area (Å²) in [4.78, 5) is 17.6. The van der Waals surface area contributed by atoms with E-state index >= 15 is 0 Å². The second kappa shape index (κ2) is 12.8. The van der Waals surface area contributed by atoms with Crippen LogP contribution in [0.4, 0.5) is 17.1 Å². The molecule has 7 aromatic carbocycles. The maximum absolute atomic E-state index is 5.12. The van der Waals surface area contributed by atoms with Crippen molar-refractivity contribution in [1.29, 1.82) is 0 Å². The van der Waals surface area contributed by atoms with E-state index in [0.29, 0.717) is 17.5 Å². The van der Waals surface area contributed by atoms with E-state index in [2.05, 4.69) is 150 Å². The molecular weight excluding hydrogens is 609 g/mol. The molecule has 0 radical (unpaired) electrons. The fraction of sp³-hybridized carbons (Fsp3) is 0.0217. The standard InChI is InChI=1S/C46H32N4/c1-5-15-32(16-6-1)33-25-27-40(28-26-33)50(39-22-11-4-12-23-39)42-31-38(30-37-29-36-21-13-14-24-41(36)43(37)42)46-48-44(34-17-7-2-8-18-34)47-45(49-46)35-19-9-3-10-20-35/h1-28,30-31H,29H2. The van der Waals surface area contributed by atoms with Crippen molar-refractivity contribution >= 4 is 17.1 Å². The number of rotatable bonds is 7. The molecule has 1 aromatic heterocycles. The number of fused-ring (bicyclic) bond motifs is 3. The SMILES string of the molecule is c1ccc(-c2ccc(N(c3ccccc3)c3cc(-c4nc(-c5ccccc5)nc(-c5ccccc5)n4)cc4c3-c3ccccc3C4)cc2)cc1. The molecule has 0 atom stereocenters. The largest absolute Gasteiger partial charge is 0.310 e. The summed E-state index contributed by atoms with van der Waals surface area (Å²) in [6, 6.07) is 63.6. The van der Waals surface area contributed by atoms with Crippen LogP contribution in [0.2, 0.25) is 0 Å². The van der Waals surface area contributed by atoms with Gasteiger partial charge < -0.3 is 4.90 Å². The molecule has 0 unspecified atom stereocenters. The van der Waals surface area contributed by atoms with Crippen LogP contribution in [0.1, 0.15) is 11.1 Å². The number of benzene rings is 7. The molecule has 0 saturated heterocycles. The Morgan fingerprint density at radius 1 is 0.360 bits per heavy atom. The van der Waals surface area contributed by atoms with Crippen molar-refractivity contribution in [3.8, 4) is 56.4 Å². The Balaban J connectivity index is 1.27. The van der Waals surface area contributed by atoms with Crippen LogP contribution >= 0.6 is 0 Å². The van der Waals surface area contributed by atoms with Crippen LogP contribution in [0.25, 0.3) is 56.4 Å². The van der Waals surface area contributed by atoms with Gasteiger partial charge in [0.1, 0.15) is 0 Å². The topological polar surface area (TPSA) is 41.9 Å². The van der Waals surface area contributed by atoms with Gasteiger partial charge in [0.25, 0.3) is 0 Å². The molecule has 0 bridgehead atoms. The number of anilines is 3. The summed E-state index contributed by atoms with van der Waals surface area (Å²) in [6.07, 6.45) is 0.837. The first-order chi connectivity index (χ1) is 24.8. The fourth-order valence-corrected chi connectivity index (χ4v) is 6.94. The zero-order chi connectivity index (χ0) is 33.3. The number of para-hydroxylation sites is 1. The van der Waals surface area contributed by atoms with Crippen molar-refractivity contribution < 1.29 is 0 Å². The molecule has 1 aliphatic carbocycles. The Labute approximate surface area is 292 Å². The lowest BCUT2D eigenvalue weighted by atomic mass is 9.98. The van der Waals surface area contributed by atoms with Crippen molar-refractivity contribution in [2.24, 2.45) is 0 Å². The minimum atomic E-state index is 0.644. The van der Waals surface area contributed by atoms with E-state index in [1.54, 1.807) is 0 Å². The summed E-state index contributed by atoms with van der Waals surface area (Å²) < 4.78 is 0. The summed E-state index contributed by atoms with van der Waals surface area (Å²) in [5.41, 5.74) is 13.5. The van der Waals surface area contributed by atoms with Crippen LogP contribution in [0, 0.1) is 0 Å². The Morgan fingerprint density at radius 3 is 1.42 bits per heavy atom. The van der Waals surface area contributed by atoms with E-state index in [4.69, 9.17) is 15.0 Å².